The van der Waals surface area contributed by atoms with Gasteiger partial charge in [-0.3, -0.25) is 5.10 Å². The molecule has 5 heteroatoms. The second-order valence-electron chi connectivity index (χ2n) is 4.64. The molecule has 3 aromatic rings. The lowest BCUT2D eigenvalue weighted by atomic mass is 10.1. The van der Waals surface area contributed by atoms with Crippen LogP contribution in [0.3, 0.4) is 0 Å². The average molecular weight is 302 g/mol. The van der Waals surface area contributed by atoms with E-state index in [4.69, 9.17) is 11.6 Å². The number of rotatable bonds is 4. The van der Waals surface area contributed by atoms with E-state index < -0.39 is 0 Å². The van der Waals surface area contributed by atoms with Gasteiger partial charge in [0.05, 0.1) is 5.69 Å². The number of nitrogens with one attached hydrogen (secondary N) is 2. The quantitative estimate of drug-likeness (QED) is 0.746. The summed E-state index contributed by atoms with van der Waals surface area (Å²) in [6.07, 6.45) is 1.71. The zero-order valence-corrected chi connectivity index (χ0v) is 11.9. The van der Waals surface area contributed by atoms with E-state index in [1.165, 1.54) is 6.07 Å². The number of nitrogens with zero attached hydrogens (tertiary/aromatic N) is 1. The standard InChI is InChI=1S/C16H13ClFN3/c17-13-4-5-15(18)12(8-13)10-19-14-3-1-2-11(9-14)16-6-7-20-21-16/h1-9,19H,10H2,(H,20,21). The van der Waals surface area contributed by atoms with Gasteiger partial charge >= 0.3 is 0 Å². The summed E-state index contributed by atoms with van der Waals surface area (Å²) in [5.41, 5.74) is 3.40. The molecule has 21 heavy (non-hydrogen) atoms. The lowest BCUT2D eigenvalue weighted by molar-refractivity contribution is 0.613. The molecule has 3 nitrogen and oxygen atoms in total. The first-order valence-electron chi connectivity index (χ1n) is 6.50. The summed E-state index contributed by atoms with van der Waals surface area (Å²) < 4.78 is 13.7. The van der Waals surface area contributed by atoms with Crippen molar-refractivity contribution in [1.82, 2.24) is 10.2 Å². The van der Waals surface area contributed by atoms with Crippen molar-refractivity contribution in [3.63, 3.8) is 0 Å². The largest absolute Gasteiger partial charge is 0.381 e. The van der Waals surface area contributed by atoms with Gasteiger partial charge in [-0.05, 0) is 36.4 Å². The molecule has 0 saturated carbocycles. The fraction of sp³-hybridized carbons (Fsp3) is 0.0625. The van der Waals surface area contributed by atoms with Crippen LogP contribution in [0.4, 0.5) is 10.1 Å². The minimum Gasteiger partial charge on any atom is -0.381 e. The summed E-state index contributed by atoms with van der Waals surface area (Å²) in [6.45, 7) is 0.374. The monoisotopic (exact) mass is 301 g/mol. The lowest BCUT2D eigenvalue weighted by Crippen LogP contribution is -2.01. The second-order valence-corrected chi connectivity index (χ2v) is 5.08. The highest BCUT2D eigenvalue weighted by atomic mass is 35.5. The fourth-order valence-corrected chi connectivity index (χ4v) is 2.28. The van der Waals surface area contributed by atoms with Gasteiger partial charge in [0.1, 0.15) is 5.82 Å². The van der Waals surface area contributed by atoms with Crippen molar-refractivity contribution >= 4 is 17.3 Å². The van der Waals surface area contributed by atoms with E-state index in [9.17, 15) is 4.39 Å². The number of aromatic amines is 1. The maximum atomic E-state index is 13.7. The second kappa shape index (κ2) is 5.97. The summed E-state index contributed by atoms with van der Waals surface area (Å²) in [5.74, 6) is -0.267. The summed E-state index contributed by atoms with van der Waals surface area (Å²) in [5, 5.41) is 10.6. The highest BCUT2D eigenvalue weighted by molar-refractivity contribution is 6.30. The van der Waals surface area contributed by atoms with Crippen molar-refractivity contribution in [3.8, 4) is 11.3 Å². The SMILES string of the molecule is Fc1ccc(Cl)cc1CNc1cccc(-c2ccn[nH]2)c1. The Balaban J connectivity index is 1.76. The van der Waals surface area contributed by atoms with Crippen molar-refractivity contribution in [2.24, 2.45) is 0 Å². The van der Waals surface area contributed by atoms with Crippen LogP contribution in [0.25, 0.3) is 11.3 Å². The summed E-state index contributed by atoms with van der Waals surface area (Å²) >= 11 is 5.89. The van der Waals surface area contributed by atoms with Gasteiger partial charge in [0.25, 0.3) is 0 Å². The Morgan fingerprint density at radius 1 is 1.14 bits per heavy atom. The molecule has 0 radical (unpaired) electrons. The zero-order valence-electron chi connectivity index (χ0n) is 11.1. The van der Waals surface area contributed by atoms with Gasteiger partial charge in [-0.15, -0.1) is 0 Å². The third-order valence-electron chi connectivity index (χ3n) is 3.17. The molecule has 0 unspecified atom stereocenters. The first kappa shape index (κ1) is 13.6. The molecular weight excluding hydrogens is 289 g/mol. The van der Waals surface area contributed by atoms with Crippen LogP contribution in [0, 0.1) is 5.82 Å². The van der Waals surface area contributed by atoms with E-state index in [0.29, 0.717) is 17.1 Å². The molecule has 1 aromatic heterocycles. The fourth-order valence-electron chi connectivity index (χ4n) is 2.09. The van der Waals surface area contributed by atoms with E-state index in [1.807, 2.05) is 30.3 Å². The molecule has 2 aromatic carbocycles. The number of hydrogen-bond donors (Lipinski definition) is 2. The van der Waals surface area contributed by atoms with Crippen LogP contribution in [0.5, 0.6) is 0 Å². The van der Waals surface area contributed by atoms with Crippen molar-refractivity contribution in [3.05, 3.63) is 71.1 Å². The van der Waals surface area contributed by atoms with Crippen molar-refractivity contribution in [2.75, 3.05) is 5.32 Å². The number of H-pyrrole nitrogens is 1. The van der Waals surface area contributed by atoms with E-state index in [1.54, 1.807) is 18.3 Å². The highest BCUT2D eigenvalue weighted by Crippen LogP contribution is 2.21. The summed E-state index contributed by atoms with van der Waals surface area (Å²) in [6, 6.07) is 14.3. The Bertz CT molecular complexity index is 741. The van der Waals surface area contributed by atoms with Crippen LogP contribution < -0.4 is 5.32 Å². The maximum absolute atomic E-state index is 13.7. The minimum absolute atomic E-state index is 0.267. The molecular formula is C16H13ClFN3. The van der Waals surface area contributed by atoms with Gasteiger partial charge in [-0.1, -0.05) is 23.7 Å². The summed E-state index contributed by atoms with van der Waals surface area (Å²) in [7, 11) is 0. The number of anilines is 1. The molecule has 0 aliphatic rings. The molecule has 1 heterocycles. The topological polar surface area (TPSA) is 40.7 Å². The Kier molecular flexibility index (Phi) is 3.88. The molecule has 0 aliphatic heterocycles. The third kappa shape index (κ3) is 3.23. The maximum Gasteiger partial charge on any atom is 0.128 e. The molecule has 3 rings (SSSR count). The Labute approximate surface area is 126 Å². The highest BCUT2D eigenvalue weighted by Gasteiger charge is 2.04. The Morgan fingerprint density at radius 3 is 2.86 bits per heavy atom. The molecule has 0 fully saturated rings. The van der Waals surface area contributed by atoms with Gasteiger partial charge in [0.15, 0.2) is 0 Å². The minimum atomic E-state index is -0.267. The molecule has 0 amide bonds. The van der Waals surface area contributed by atoms with Gasteiger partial charge < -0.3 is 5.32 Å². The normalized spacial score (nSPS) is 10.6. The van der Waals surface area contributed by atoms with E-state index in [0.717, 1.165) is 16.9 Å². The molecule has 0 saturated heterocycles. The molecule has 0 bridgehead atoms. The number of benzene rings is 2. The Morgan fingerprint density at radius 2 is 2.05 bits per heavy atom. The van der Waals surface area contributed by atoms with Gasteiger partial charge in [-0.25, -0.2) is 4.39 Å². The number of aromatic nitrogens is 2. The van der Waals surface area contributed by atoms with E-state index >= 15 is 0 Å². The van der Waals surface area contributed by atoms with Gasteiger partial charge in [0.2, 0.25) is 0 Å². The predicted molar refractivity (Wildman–Crippen MR) is 82.8 cm³/mol. The Hall–Kier alpha value is -2.33. The third-order valence-corrected chi connectivity index (χ3v) is 3.40. The van der Waals surface area contributed by atoms with Crippen LogP contribution in [-0.4, -0.2) is 10.2 Å². The zero-order chi connectivity index (χ0) is 14.7. The van der Waals surface area contributed by atoms with Crippen molar-refractivity contribution < 1.29 is 4.39 Å². The first-order chi connectivity index (χ1) is 10.2. The average Bonchev–Trinajstić information content (AvgIpc) is 3.03. The molecule has 0 spiro atoms. The van der Waals surface area contributed by atoms with Crippen molar-refractivity contribution in [1.29, 1.82) is 0 Å². The number of hydrogen-bond acceptors (Lipinski definition) is 2. The van der Waals surface area contributed by atoms with E-state index in [-0.39, 0.29) is 5.82 Å². The van der Waals surface area contributed by atoms with Crippen LogP contribution in [0.15, 0.2) is 54.7 Å². The smallest absolute Gasteiger partial charge is 0.128 e. The van der Waals surface area contributed by atoms with Crippen LogP contribution in [0.2, 0.25) is 5.02 Å². The lowest BCUT2D eigenvalue weighted by Gasteiger charge is -2.09. The molecule has 0 atom stereocenters. The van der Waals surface area contributed by atoms with Crippen molar-refractivity contribution in [2.45, 2.75) is 6.54 Å². The number of halogens is 2. The molecule has 0 aliphatic carbocycles. The van der Waals surface area contributed by atoms with Gasteiger partial charge in [-0.2, -0.15) is 5.10 Å². The predicted octanol–water partition coefficient (Wildman–Crippen LogP) is 4.48. The molecule has 106 valence electrons. The van der Waals surface area contributed by atoms with Crippen LogP contribution in [0.1, 0.15) is 5.56 Å². The van der Waals surface area contributed by atoms with E-state index in [2.05, 4.69) is 15.5 Å². The van der Waals surface area contributed by atoms with Crippen LogP contribution >= 0.6 is 11.6 Å². The molecule has 2 N–H and O–H groups in total. The first-order valence-corrected chi connectivity index (χ1v) is 6.88. The van der Waals surface area contributed by atoms with Crippen LogP contribution in [-0.2, 0) is 6.54 Å². The van der Waals surface area contributed by atoms with Gasteiger partial charge in [0, 0.05) is 34.6 Å². The summed E-state index contributed by atoms with van der Waals surface area (Å²) in [4.78, 5) is 0.